The summed E-state index contributed by atoms with van der Waals surface area (Å²) < 4.78 is 14.8. The van der Waals surface area contributed by atoms with Gasteiger partial charge in [0.25, 0.3) is 0 Å². The van der Waals surface area contributed by atoms with Crippen LogP contribution in [0, 0.1) is 0 Å². The van der Waals surface area contributed by atoms with E-state index in [4.69, 9.17) is 15.2 Å². The topological polar surface area (TPSA) is 70.8 Å². The zero-order chi connectivity index (χ0) is 12.8. The summed E-state index contributed by atoms with van der Waals surface area (Å²) in [5, 5.41) is 0. The molecule has 1 aromatic carbocycles. The highest BCUT2D eigenvalue weighted by Gasteiger charge is 2.15. The monoisotopic (exact) mass is 239 g/mol. The van der Waals surface area contributed by atoms with Crippen molar-refractivity contribution in [1.29, 1.82) is 0 Å². The van der Waals surface area contributed by atoms with E-state index in [1.165, 1.54) is 7.11 Å². The Bertz CT molecular complexity index is 370. The number of ether oxygens (including phenoxy) is 3. The number of nitrogens with two attached hydrogens (primary N) is 1. The molecule has 0 aliphatic heterocycles. The molecule has 1 unspecified atom stereocenters. The first-order valence-electron chi connectivity index (χ1n) is 5.16. The molecule has 0 fully saturated rings. The molecule has 2 N–H and O–H groups in total. The molecule has 0 aromatic heterocycles. The first-order chi connectivity index (χ1) is 8.10. The van der Waals surface area contributed by atoms with Crippen molar-refractivity contribution < 1.29 is 19.0 Å². The highest BCUT2D eigenvalue weighted by molar-refractivity contribution is 5.75. The van der Waals surface area contributed by atoms with E-state index in [9.17, 15) is 4.79 Å². The van der Waals surface area contributed by atoms with Gasteiger partial charge in [-0.2, -0.15) is 0 Å². The van der Waals surface area contributed by atoms with Crippen molar-refractivity contribution in [2.75, 3.05) is 21.3 Å². The lowest BCUT2D eigenvalue weighted by molar-refractivity contribution is -0.142. The zero-order valence-electron chi connectivity index (χ0n) is 10.2. The average molecular weight is 239 g/mol. The number of hydrogen-bond donors (Lipinski definition) is 1. The van der Waals surface area contributed by atoms with Crippen molar-refractivity contribution in [3.8, 4) is 11.5 Å². The third kappa shape index (κ3) is 3.64. The van der Waals surface area contributed by atoms with E-state index in [1.807, 2.05) is 12.1 Å². The quantitative estimate of drug-likeness (QED) is 0.768. The minimum Gasteiger partial charge on any atom is -0.497 e. The van der Waals surface area contributed by atoms with E-state index < -0.39 is 12.0 Å². The molecule has 0 aliphatic carbocycles. The van der Waals surface area contributed by atoms with E-state index in [0.717, 1.165) is 5.56 Å². The normalized spacial score (nSPS) is 11.8. The SMILES string of the molecule is COC(=O)C(N)Cc1cc(OC)cc(OC)c1. The predicted octanol–water partition coefficient (Wildman–Crippen LogP) is 0.747. The molecule has 5 heteroatoms. The Balaban J connectivity index is 2.86. The smallest absolute Gasteiger partial charge is 0.322 e. The van der Waals surface area contributed by atoms with E-state index in [-0.39, 0.29) is 0 Å². The van der Waals surface area contributed by atoms with Gasteiger partial charge in [0.15, 0.2) is 0 Å². The molecule has 0 amide bonds. The molecule has 0 heterocycles. The van der Waals surface area contributed by atoms with Gasteiger partial charge in [-0.25, -0.2) is 0 Å². The van der Waals surface area contributed by atoms with E-state index >= 15 is 0 Å². The lowest BCUT2D eigenvalue weighted by Crippen LogP contribution is -2.33. The van der Waals surface area contributed by atoms with Crippen molar-refractivity contribution in [3.05, 3.63) is 23.8 Å². The highest BCUT2D eigenvalue weighted by Crippen LogP contribution is 2.23. The molecule has 0 aliphatic rings. The Morgan fingerprint density at radius 3 is 2.12 bits per heavy atom. The largest absolute Gasteiger partial charge is 0.497 e. The number of esters is 1. The number of rotatable bonds is 5. The zero-order valence-corrected chi connectivity index (χ0v) is 10.2. The summed E-state index contributed by atoms with van der Waals surface area (Å²) in [6.07, 6.45) is 0.375. The number of carbonyl (C=O) groups is 1. The van der Waals surface area contributed by atoms with Crippen molar-refractivity contribution in [2.24, 2.45) is 5.73 Å². The summed E-state index contributed by atoms with van der Waals surface area (Å²) in [6, 6.07) is 4.70. The Labute approximate surface area is 100 Å². The molecule has 1 rings (SSSR count). The average Bonchev–Trinajstić information content (AvgIpc) is 2.36. The number of hydrogen-bond acceptors (Lipinski definition) is 5. The van der Waals surface area contributed by atoms with Crippen LogP contribution in [0.15, 0.2) is 18.2 Å². The van der Waals surface area contributed by atoms with Gasteiger partial charge in [0.2, 0.25) is 0 Å². The lowest BCUT2D eigenvalue weighted by atomic mass is 10.1. The van der Waals surface area contributed by atoms with Crippen LogP contribution < -0.4 is 15.2 Å². The Kier molecular flexibility index (Phi) is 4.78. The summed E-state index contributed by atoms with van der Waals surface area (Å²) in [5.74, 6) is 0.889. The second-order valence-corrected chi connectivity index (χ2v) is 3.55. The van der Waals surface area contributed by atoms with Crippen molar-refractivity contribution >= 4 is 5.97 Å². The molecule has 1 atom stereocenters. The van der Waals surface area contributed by atoms with Crippen molar-refractivity contribution in [3.63, 3.8) is 0 Å². The van der Waals surface area contributed by atoms with E-state index in [1.54, 1.807) is 20.3 Å². The molecule has 0 spiro atoms. The Morgan fingerprint density at radius 2 is 1.71 bits per heavy atom. The molecule has 1 aromatic rings. The summed E-state index contributed by atoms with van der Waals surface area (Å²) in [5.41, 5.74) is 6.55. The van der Waals surface area contributed by atoms with Crippen molar-refractivity contribution in [1.82, 2.24) is 0 Å². The van der Waals surface area contributed by atoms with Gasteiger partial charge in [0.1, 0.15) is 17.5 Å². The minimum atomic E-state index is -0.684. The van der Waals surface area contributed by atoms with Crippen LogP contribution in [0.2, 0.25) is 0 Å². The summed E-state index contributed by atoms with van der Waals surface area (Å²) in [4.78, 5) is 11.2. The van der Waals surface area contributed by atoms with Crippen LogP contribution in [-0.2, 0) is 16.0 Å². The van der Waals surface area contributed by atoms with Gasteiger partial charge in [-0.05, 0) is 24.1 Å². The fraction of sp³-hybridized carbons (Fsp3) is 0.417. The number of methoxy groups -OCH3 is 3. The van der Waals surface area contributed by atoms with Crippen LogP contribution in [0.4, 0.5) is 0 Å². The van der Waals surface area contributed by atoms with Crippen LogP contribution in [0.1, 0.15) is 5.56 Å². The standard InChI is InChI=1S/C12H17NO4/c1-15-9-4-8(5-10(7-9)16-2)6-11(13)12(14)17-3/h4-5,7,11H,6,13H2,1-3H3. The Morgan fingerprint density at radius 1 is 1.18 bits per heavy atom. The maximum Gasteiger partial charge on any atom is 0.322 e. The van der Waals surface area contributed by atoms with Crippen molar-refractivity contribution in [2.45, 2.75) is 12.5 Å². The fourth-order valence-corrected chi connectivity index (χ4v) is 1.47. The lowest BCUT2D eigenvalue weighted by Gasteiger charge is -2.11. The van der Waals surface area contributed by atoms with Gasteiger partial charge in [-0.15, -0.1) is 0 Å². The van der Waals surface area contributed by atoms with Crippen LogP contribution in [-0.4, -0.2) is 33.3 Å². The molecule has 5 nitrogen and oxygen atoms in total. The summed E-state index contributed by atoms with van der Waals surface area (Å²) >= 11 is 0. The van der Waals surface area contributed by atoms with E-state index in [2.05, 4.69) is 4.74 Å². The molecule has 17 heavy (non-hydrogen) atoms. The minimum absolute atomic E-state index is 0.375. The number of carbonyl (C=O) groups excluding carboxylic acids is 1. The first-order valence-corrected chi connectivity index (χ1v) is 5.16. The summed E-state index contributed by atoms with van der Waals surface area (Å²) in [6.45, 7) is 0. The third-order valence-corrected chi connectivity index (χ3v) is 2.37. The van der Waals surface area contributed by atoms with Crippen LogP contribution >= 0.6 is 0 Å². The second kappa shape index (κ2) is 6.10. The van der Waals surface area contributed by atoms with Crippen LogP contribution in [0.3, 0.4) is 0 Å². The first kappa shape index (κ1) is 13.3. The van der Waals surface area contributed by atoms with Gasteiger partial charge >= 0.3 is 5.97 Å². The van der Waals surface area contributed by atoms with Gasteiger partial charge in [-0.3, -0.25) is 4.79 Å². The molecule has 0 saturated heterocycles. The van der Waals surface area contributed by atoms with E-state index in [0.29, 0.717) is 17.9 Å². The highest BCUT2D eigenvalue weighted by atomic mass is 16.5. The molecular formula is C12H17NO4. The van der Waals surface area contributed by atoms with Gasteiger partial charge < -0.3 is 19.9 Å². The maximum atomic E-state index is 11.2. The molecule has 94 valence electrons. The second-order valence-electron chi connectivity index (χ2n) is 3.55. The maximum absolute atomic E-state index is 11.2. The molecule has 0 radical (unpaired) electrons. The number of benzene rings is 1. The Hall–Kier alpha value is -1.75. The predicted molar refractivity (Wildman–Crippen MR) is 63.2 cm³/mol. The van der Waals surface area contributed by atoms with Gasteiger partial charge in [0, 0.05) is 6.07 Å². The van der Waals surface area contributed by atoms with Crippen LogP contribution in [0.25, 0.3) is 0 Å². The van der Waals surface area contributed by atoms with Gasteiger partial charge in [0.05, 0.1) is 21.3 Å². The molecule has 0 bridgehead atoms. The van der Waals surface area contributed by atoms with Gasteiger partial charge in [-0.1, -0.05) is 0 Å². The summed E-state index contributed by atoms with van der Waals surface area (Å²) in [7, 11) is 4.45. The fourth-order valence-electron chi connectivity index (χ4n) is 1.47. The van der Waals surface area contributed by atoms with Crippen LogP contribution in [0.5, 0.6) is 11.5 Å². The molecular weight excluding hydrogens is 222 g/mol. The third-order valence-electron chi connectivity index (χ3n) is 2.37. The molecule has 0 saturated carbocycles.